The topological polar surface area (TPSA) is 141 Å². The number of pyridine rings is 1. The minimum absolute atomic E-state index is 0.0523. The van der Waals surface area contributed by atoms with Crippen molar-refractivity contribution in [3.63, 3.8) is 0 Å². The van der Waals surface area contributed by atoms with E-state index in [2.05, 4.69) is 15.1 Å². The number of aromatic amines is 1. The zero-order chi connectivity index (χ0) is 23.4. The van der Waals surface area contributed by atoms with Gasteiger partial charge in [-0.1, -0.05) is 19.9 Å². The van der Waals surface area contributed by atoms with Crippen molar-refractivity contribution in [3.8, 4) is 5.82 Å². The van der Waals surface area contributed by atoms with Crippen LogP contribution in [0.25, 0.3) is 5.82 Å². The molecule has 0 aromatic carbocycles. The molecular weight excluding hydrogens is 414 g/mol. The molecule has 0 aliphatic heterocycles. The quantitative estimate of drug-likeness (QED) is 0.530. The Kier molecular flexibility index (Phi) is 6.89. The SMILES string of the molecule is COCCN(C(=O)c1cnn(-c2ccccn2)c1C)c1c(N)n(CC(C)C)c(=O)[nH]c1=O. The van der Waals surface area contributed by atoms with Crippen molar-refractivity contribution in [2.75, 3.05) is 30.9 Å². The zero-order valence-corrected chi connectivity index (χ0v) is 18.5. The number of carbonyl (C=O) groups excluding carboxylic acids is 1. The molecule has 0 saturated heterocycles. The summed E-state index contributed by atoms with van der Waals surface area (Å²) in [5.74, 6) is 0.0754. The fraction of sp³-hybridized carbons (Fsp3) is 0.381. The lowest BCUT2D eigenvalue weighted by Crippen LogP contribution is -2.43. The Bertz CT molecular complexity index is 1210. The largest absolute Gasteiger partial charge is 0.383 e. The molecule has 0 fully saturated rings. The van der Waals surface area contributed by atoms with E-state index >= 15 is 0 Å². The van der Waals surface area contributed by atoms with Gasteiger partial charge in [0.1, 0.15) is 5.82 Å². The van der Waals surface area contributed by atoms with E-state index in [1.165, 1.54) is 27.5 Å². The molecule has 3 N–H and O–H groups in total. The molecule has 0 unspecified atom stereocenters. The first kappa shape index (κ1) is 22.9. The predicted molar refractivity (Wildman–Crippen MR) is 120 cm³/mol. The van der Waals surface area contributed by atoms with E-state index in [4.69, 9.17) is 10.5 Å². The highest BCUT2D eigenvalue weighted by Crippen LogP contribution is 2.22. The van der Waals surface area contributed by atoms with Crippen LogP contribution in [0.15, 0.2) is 40.2 Å². The van der Waals surface area contributed by atoms with Crippen LogP contribution in [0.1, 0.15) is 29.9 Å². The number of hydrogen-bond donors (Lipinski definition) is 2. The summed E-state index contributed by atoms with van der Waals surface area (Å²) in [5, 5.41) is 4.28. The highest BCUT2D eigenvalue weighted by atomic mass is 16.5. The third kappa shape index (κ3) is 4.47. The van der Waals surface area contributed by atoms with Gasteiger partial charge in [-0.3, -0.25) is 24.0 Å². The molecule has 0 spiro atoms. The van der Waals surface area contributed by atoms with Crippen molar-refractivity contribution < 1.29 is 9.53 Å². The number of methoxy groups -OCH3 is 1. The average Bonchev–Trinajstić information content (AvgIpc) is 3.14. The summed E-state index contributed by atoms with van der Waals surface area (Å²) in [6.45, 7) is 6.06. The summed E-state index contributed by atoms with van der Waals surface area (Å²) in [6.07, 6.45) is 3.04. The van der Waals surface area contributed by atoms with E-state index in [9.17, 15) is 14.4 Å². The Morgan fingerprint density at radius 1 is 1.31 bits per heavy atom. The number of hydrogen-bond acceptors (Lipinski definition) is 7. The van der Waals surface area contributed by atoms with Crippen molar-refractivity contribution >= 4 is 17.4 Å². The Morgan fingerprint density at radius 3 is 2.69 bits per heavy atom. The Labute approximate surface area is 184 Å². The van der Waals surface area contributed by atoms with E-state index in [1.807, 2.05) is 19.9 Å². The fourth-order valence-electron chi connectivity index (χ4n) is 3.36. The minimum atomic E-state index is -0.744. The molecule has 3 rings (SSSR count). The number of carbonyl (C=O) groups is 1. The standard InChI is InChI=1S/C21H27N7O4/c1-13(2)12-27-18(22)17(19(29)25-21(27)31)26(9-10-32-4)20(30)15-11-24-28(14(15)3)16-7-5-6-8-23-16/h5-8,11,13H,9-10,12,22H2,1-4H3,(H,25,29,31). The first-order valence-corrected chi connectivity index (χ1v) is 10.2. The molecule has 0 aliphatic carbocycles. The maximum absolute atomic E-state index is 13.5. The van der Waals surface area contributed by atoms with Gasteiger partial charge in [-0.15, -0.1) is 0 Å². The molecule has 170 valence electrons. The first-order chi connectivity index (χ1) is 15.3. The summed E-state index contributed by atoms with van der Waals surface area (Å²) in [6, 6.07) is 5.36. The molecule has 0 bridgehead atoms. The van der Waals surface area contributed by atoms with E-state index in [0.717, 1.165) is 0 Å². The molecule has 1 amide bonds. The van der Waals surface area contributed by atoms with Gasteiger partial charge in [-0.25, -0.2) is 14.5 Å². The highest BCUT2D eigenvalue weighted by Gasteiger charge is 2.28. The number of nitrogens with one attached hydrogen (secondary N) is 1. The molecule has 3 heterocycles. The van der Waals surface area contributed by atoms with Crippen LogP contribution < -0.4 is 21.9 Å². The molecule has 11 nitrogen and oxygen atoms in total. The fourth-order valence-corrected chi connectivity index (χ4v) is 3.36. The molecule has 3 aromatic rings. The number of nitrogens with two attached hydrogens (primary N) is 1. The van der Waals surface area contributed by atoms with Crippen LogP contribution in [0, 0.1) is 12.8 Å². The van der Waals surface area contributed by atoms with Crippen LogP contribution >= 0.6 is 0 Å². The van der Waals surface area contributed by atoms with Gasteiger partial charge in [0.15, 0.2) is 11.5 Å². The summed E-state index contributed by atoms with van der Waals surface area (Å²) < 4.78 is 7.94. The number of amides is 1. The summed E-state index contributed by atoms with van der Waals surface area (Å²) in [4.78, 5) is 46.3. The Morgan fingerprint density at radius 2 is 2.06 bits per heavy atom. The minimum Gasteiger partial charge on any atom is -0.383 e. The highest BCUT2D eigenvalue weighted by molar-refractivity contribution is 6.07. The van der Waals surface area contributed by atoms with E-state index in [1.54, 1.807) is 25.3 Å². The molecule has 3 aromatic heterocycles. The van der Waals surface area contributed by atoms with Crippen LogP contribution in [0.2, 0.25) is 0 Å². The number of nitrogen functional groups attached to an aromatic ring is 1. The van der Waals surface area contributed by atoms with Gasteiger partial charge in [0.2, 0.25) is 0 Å². The maximum atomic E-state index is 13.5. The van der Waals surface area contributed by atoms with Gasteiger partial charge in [0.25, 0.3) is 11.5 Å². The number of anilines is 2. The van der Waals surface area contributed by atoms with Gasteiger partial charge >= 0.3 is 5.69 Å². The second-order valence-corrected chi connectivity index (χ2v) is 7.69. The van der Waals surface area contributed by atoms with Crippen LogP contribution in [-0.4, -0.2) is 50.5 Å². The van der Waals surface area contributed by atoms with Gasteiger partial charge in [-0.05, 0) is 25.0 Å². The number of aromatic nitrogens is 5. The molecule has 0 atom stereocenters. The van der Waals surface area contributed by atoms with Gasteiger partial charge < -0.3 is 10.5 Å². The monoisotopic (exact) mass is 441 g/mol. The van der Waals surface area contributed by atoms with Crippen LogP contribution in [0.3, 0.4) is 0 Å². The molecule has 0 aliphatic rings. The van der Waals surface area contributed by atoms with Crippen molar-refractivity contribution in [3.05, 3.63) is 62.7 Å². The zero-order valence-electron chi connectivity index (χ0n) is 18.5. The van der Waals surface area contributed by atoms with Crippen molar-refractivity contribution in [1.82, 2.24) is 24.3 Å². The van der Waals surface area contributed by atoms with Gasteiger partial charge in [-0.2, -0.15) is 5.10 Å². The van der Waals surface area contributed by atoms with E-state index in [-0.39, 0.29) is 42.7 Å². The molecule has 0 radical (unpaired) electrons. The van der Waals surface area contributed by atoms with Crippen LogP contribution in [0.5, 0.6) is 0 Å². The molecule has 11 heteroatoms. The second kappa shape index (κ2) is 9.60. The number of ether oxygens (including phenoxy) is 1. The van der Waals surface area contributed by atoms with E-state index < -0.39 is 17.2 Å². The third-order valence-electron chi connectivity index (χ3n) is 4.90. The lowest BCUT2D eigenvalue weighted by molar-refractivity contribution is 0.0975. The lowest BCUT2D eigenvalue weighted by Gasteiger charge is -2.24. The Balaban J connectivity index is 2.11. The van der Waals surface area contributed by atoms with Crippen LogP contribution in [-0.2, 0) is 11.3 Å². The molecule has 32 heavy (non-hydrogen) atoms. The van der Waals surface area contributed by atoms with Crippen molar-refractivity contribution in [2.45, 2.75) is 27.3 Å². The van der Waals surface area contributed by atoms with E-state index in [0.29, 0.717) is 11.5 Å². The maximum Gasteiger partial charge on any atom is 0.330 e. The summed E-state index contributed by atoms with van der Waals surface area (Å²) in [5.41, 5.74) is 5.58. The lowest BCUT2D eigenvalue weighted by atomic mass is 10.2. The number of rotatable bonds is 8. The molecule has 0 saturated carbocycles. The van der Waals surface area contributed by atoms with Crippen molar-refractivity contribution in [1.29, 1.82) is 0 Å². The second-order valence-electron chi connectivity index (χ2n) is 7.69. The van der Waals surface area contributed by atoms with Crippen LogP contribution in [0.4, 0.5) is 11.5 Å². The first-order valence-electron chi connectivity index (χ1n) is 10.2. The third-order valence-corrected chi connectivity index (χ3v) is 4.90. The summed E-state index contributed by atoms with van der Waals surface area (Å²) in [7, 11) is 1.49. The van der Waals surface area contributed by atoms with Gasteiger partial charge in [0, 0.05) is 26.4 Å². The Hall–Kier alpha value is -3.73. The average molecular weight is 441 g/mol. The molecular formula is C21H27N7O4. The smallest absolute Gasteiger partial charge is 0.330 e. The number of nitrogens with zero attached hydrogens (tertiary/aromatic N) is 5. The van der Waals surface area contributed by atoms with Gasteiger partial charge in [0.05, 0.1) is 24.1 Å². The van der Waals surface area contributed by atoms with Crippen molar-refractivity contribution in [2.24, 2.45) is 5.92 Å². The number of H-pyrrole nitrogens is 1. The normalized spacial score (nSPS) is 11.2. The predicted octanol–water partition coefficient (Wildman–Crippen LogP) is 0.957. The summed E-state index contributed by atoms with van der Waals surface area (Å²) >= 11 is 0.